The lowest BCUT2D eigenvalue weighted by molar-refractivity contribution is 0.191. The first-order valence-electron chi connectivity index (χ1n) is 5.34. The number of aliphatic hydroxyl groups is 1. The van der Waals surface area contributed by atoms with Gasteiger partial charge in [-0.1, -0.05) is 29.4 Å². The molecule has 0 fully saturated rings. The van der Waals surface area contributed by atoms with E-state index in [1.165, 1.54) is 30.9 Å². The number of aliphatic hydroxyl groups excluding tert-OH is 1. The number of hydrogen-bond acceptors (Lipinski definition) is 3. The predicted molar refractivity (Wildman–Crippen MR) is 70.4 cm³/mol. The largest absolute Gasteiger partial charge is 0.389 e. The van der Waals surface area contributed by atoms with Crippen LogP contribution in [0.4, 0.5) is 4.39 Å². The fourth-order valence-electron chi connectivity index (χ4n) is 1.55. The van der Waals surface area contributed by atoms with Gasteiger partial charge in [0.2, 0.25) is 0 Å². The van der Waals surface area contributed by atoms with Crippen LogP contribution in [0.25, 0.3) is 0 Å². The van der Waals surface area contributed by atoms with Gasteiger partial charge in [-0.2, -0.15) is 0 Å². The second-order valence-corrected chi connectivity index (χ2v) is 5.24. The van der Waals surface area contributed by atoms with E-state index in [9.17, 15) is 9.50 Å². The molecule has 1 N–H and O–H groups in total. The molecule has 1 heterocycles. The first-order chi connectivity index (χ1) is 8.58. The van der Waals surface area contributed by atoms with Crippen LogP contribution in [-0.4, -0.2) is 10.1 Å². The summed E-state index contributed by atoms with van der Waals surface area (Å²) in [5.74, 6) is -0.413. The zero-order valence-electron chi connectivity index (χ0n) is 9.60. The number of benzene rings is 1. The van der Waals surface area contributed by atoms with E-state index >= 15 is 0 Å². The van der Waals surface area contributed by atoms with Crippen LogP contribution in [-0.2, 0) is 0 Å². The number of rotatable bonds is 3. The van der Waals surface area contributed by atoms with E-state index in [1.807, 2.05) is 0 Å². The average molecular weight is 284 g/mol. The summed E-state index contributed by atoms with van der Waals surface area (Å²) in [6.45, 7) is 1.54. The fraction of sp³-hybridized carbons (Fsp3) is 0.154. The SMILES string of the molecule is C[C@@H](O)c1c(F)cccc1Sc1ccc(Cl)cn1. The van der Waals surface area contributed by atoms with E-state index in [0.717, 1.165) is 0 Å². The third-order valence-corrected chi connectivity index (χ3v) is 3.60. The second kappa shape index (κ2) is 5.69. The van der Waals surface area contributed by atoms with E-state index in [1.54, 1.807) is 24.3 Å². The smallest absolute Gasteiger partial charge is 0.130 e. The fourth-order valence-corrected chi connectivity index (χ4v) is 2.65. The minimum atomic E-state index is -0.860. The lowest BCUT2D eigenvalue weighted by atomic mass is 10.1. The summed E-state index contributed by atoms with van der Waals surface area (Å²) in [6, 6.07) is 8.18. The molecule has 0 aliphatic rings. The van der Waals surface area contributed by atoms with Crippen molar-refractivity contribution in [3.63, 3.8) is 0 Å². The molecule has 0 aliphatic heterocycles. The zero-order valence-corrected chi connectivity index (χ0v) is 11.2. The highest BCUT2D eigenvalue weighted by Crippen LogP contribution is 2.33. The number of aromatic nitrogens is 1. The predicted octanol–water partition coefficient (Wildman–Crippen LogP) is 4.08. The van der Waals surface area contributed by atoms with Gasteiger partial charge in [0.25, 0.3) is 0 Å². The van der Waals surface area contributed by atoms with E-state index < -0.39 is 11.9 Å². The van der Waals surface area contributed by atoms with Crippen molar-refractivity contribution in [2.45, 2.75) is 22.9 Å². The zero-order chi connectivity index (χ0) is 13.1. The maximum absolute atomic E-state index is 13.7. The number of nitrogens with zero attached hydrogens (tertiary/aromatic N) is 1. The average Bonchev–Trinajstić information content (AvgIpc) is 2.32. The third kappa shape index (κ3) is 3.02. The van der Waals surface area contributed by atoms with Crippen LogP contribution in [0.5, 0.6) is 0 Å². The molecule has 2 rings (SSSR count). The molecule has 0 bridgehead atoms. The Morgan fingerprint density at radius 1 is 1.33 bits per heavy atom. The Bertz CT molecular complexity index is 545. The maximum Gasteiger partial charge on any atom is 0.130 e. The first-order valence-corrected chi connectivity index (χ1v) is 6.53. The molecule has 0 saturated carbocycles. The molecule has 0 unspecified atom stereocenters. The summed E-state index contributed by atoms with van der Waals surface area (Å²) < 4.78 is 13.7. The van der Waals surface area contributed by atoms with Gasteiger partial charge in [-0.15, -0.1) is 0 Å². The van der Waals surface area contributed by atoms with Crippen LogP contribution in [0.2, 0.25) is 5.02 Å². The molecular weight excluding hydrogens is 273 g/mol. The molecule has 0 radical (unpaired) electrons. The highest BCUT2D eigenvalue weighted by Gasteiger charge is 2.14. The van der Waals surface area contributed by atoms with Crippen molar-refractivity contribution in [3.8, 4) is 0 Å². The Kier molecular flexibility index (Phi) is 4.22. The van der Waals surface area contributed by atoms with E-state index in [-0.39, 0.29) is 0 Å². The van der Waals surface area contributed by atoms with Crippen molar-refractivity contribution >= 4 is 23.4 Å². The van der Waals surface area contributed by atoms with Crippen LogP contribution in [0.3, 0.4) is 0 Å². The van der Waals surface area contributed by atoms with Crippen LogP contribution in [0, 0.1) is 5.82 Å². The summed E-state index contributed by atoms with van der Waals surface area (Å²) in [4.78, 5) is 4.78. The van der Waals surface area contributed by atoms with Crippen molar-refractivity contribution in [2.24, 2.45) is 0 Å². The van der Waals surface area contributed by atoms with Crippen molar-refractivity contribution in [1.29, 1.82) is 0 Å². The summed E-state index contributed by atoms with van der Waals surface area (Å²) in [5, 5.41) is 10.9. The topological polar surface area (TPSA) is 33.1 Å². The summed E-state index contributed by atoms with van der Waals surface area (Å²) in [6.07, 6.45) is 0.673. The molecule has 1 aromatic heterocycles. The molecule has 0 amide bonds. The molecule has 5 heteroatoms. The van der Waals surface area contributed by atoms with Gasteiger partial charge in [-0.25, -0.2) is 9.37 Å². The van der Waals surface area contributed by atoms with Gasteiger partial charge in [-0.05, 0) is 31.2 Å². The molecule has 1 aromatic carbocycles. The van der Waals surface area contributed by atoms with Crippen LogP contribution in [0.15, 0.2) is 46.5 Å². The molecule has 18 heavy (non-hydrogen) atoms. The minimum absolute atomic E-state index is 0.291. The van der Waals surface area contributed by atoms with Gasteiger partial charge >= 0.3 is 0 Å². The Morgan fingerprint density at radius 2 is 2.11 bits per heavy atom. The van der Waals surface area contributed by atoms with Crippen molar-refractivity contribution in [2.75, 3.05) is 0 Å². The van der Waals surface area contributed by atoms with Gasteiger partial charge in [0, 0.05) is 16.7 Å². The van der Waals surface area contributed by atoms with Gasteiger partial charge in [0.05, 0.1) is 11.1 Å². The Hall–Kier alpha value is -1.10. The quantitative estimate of drug-likeness (QED) is 0.921. The van der Waals surface area contributed by atoms with Crippen molar-refractivity contribution in [3.05, 3.63) is 52.9 Å². The monoisotopic (exact) mass is 283 g/mol. The minimum Gasteiger partial charge on any atom is -0.389 e. The molecule has 1 atom stereocenters. The number of pyridine rings is 1. The van der Waals surface area contributed by atoms with Gasteiger partial charge in [0.15, 0.2) is 0 Å². The molecule has 94 valence electrons. The highest BCUT2D eigenvalue weighted by molar-refractivity contribution is 7.99. The lowest BCUT2D eigenvalue weighted by Crippen LogP contribution is -1.98. The molecule has 0 aliphatic carbocycles. The third-order valence-electron chi connectivity index (χ3n) is 2.35. The van der Waals surface area contributed by atoms with Gasteiger partial charge in [-0.3, -0.25) is 0 Å². The van der Waals surface area contributed by atoms with Crippen LogP contribution >= 0.6 is 23.4 Å². The Labute approximate surface area is 114 Å². The Balaban J connectivity index is 2.34. The maximum atomic E-state index is 13.7. The normalized spacial score (nSPS) is 12.4. The van der Waals surface area contributed by atoms with E-state index in [0.29, 0.717) is 20.5 Å². The molecule has 2 nitrogen and oxygen atoms in total. The number of hydrogen-bond donors (Lipinski definition) is 1. The van der Waals surface area contributed by atoms with Gasteiger partial charge in [0.1, 0.15) is 10.8 Å². The number of halogens is 2. The van der Waals surface area contributed by atoms with Gasteiger partial charge < -0.3 is 5.11 Å². The first kappa shape index (κ1) is 13.3. The highest BCUT2D eigenvalue weighted by atomic mass is 35.5. The van der Waals surface area contributed by atoms with E-state index in [2.05, 4.69) is 4.98 Å². The second-order valence-electron chi connectivity index (χ2n) is 3.74. The molecule has 0 spiro atoms. The summed E-state index contributed by atoms with van der Waals surface area (Å²) in [7, 11) is 0. The van der Waals surface area contributed by atoms with Crippen molar-refractivity contribution in [1.82, 2.24) is 4.98 Å². The molecular formula is C13H11ClFNOS. The Morgan fingerprint density at radius 3 is 2.72 bits per heavy atom. The van der Waals surface area contributed by atoms with Crippen molar-refractivity contribution < 1.29 is 9.50 Å². The van der Waals surface area contributed by atoms with E-state index in [4.69, 9.17) is 11.6 Å². The van der Waals surface area contributed by atoms with Crippen LogP contribution in [0.1, 0.15) is 18.6 Å². The standard InChI is InChI=1S/C13H11ClFNOS/c1-8(17)13-10(15)3-2-4-11(13)18-12-6-5-9(14)7-16-12/h2-8,17H,1H3/t8-/m1/s1. The summed E-state index contributed by atoms with van der Waals surface area (Å²) in [5.41, 5.74) is 0.291. The lowest BCUT2D eigenvalue weighted by Gasteiger charge is -2.12. The molecule has 2 aromatic rings. The summed E-state index contributed by atoms with van der Waals surface area (Å²) >= 11 is 7.05. The van der Waals surface area contributed by atoms with Crippen LogP contribution < -0.4 is 0 Å². The molecule has 0 saturated heterocycles.